The van der Waals surface area contributed by atoms with E-state index in [4.69, 9.17) is 19.8 Å². The Kier molecular flexibility index (Phi) is 10.8. The molecule has 43 heavy (non-hydrogen) atoms. The molecule has 16 heteroatoms. The number of hydrogen-bond donors (Lipinski definition) is 2. The van der Waals surface area contributed by atoms with E-state index in [1.54, 1.807) is 0 Å². The number of hydrogen-bond acceptors (Lipinski definition) is 6. The lowest BCUT2D eigenvalue weighted by Crippen LogP contribution is -2.49. The van der Waals surface area contributed by atoms with Crippen LogP contribution in [0.15, 0.2) is 12.4 Å². The molecule has 1 saturated carbocycles. The Morgan fingerprint density at radius 3 is 1.88 bits per heavy atom. The third-order valence-corrected chi connectivity index (χ3v) is 9.19. The molecule has 1 aromatic heterocycles. The summed E-state index contributed by atoms with van der Waals surface area (Å²) in [6.45, 7) is 10.8. The fraction of sp³-hybridized carbons (Fsp3) is 0.778. The second-order valence-corrected chi connectivity index (χ2v) is 11.8. The van der Waals surface area contributed by atoms with E-state index in [-0.39, 0.29) is 5.41 Å². The van der Waals surface area contributed by atoms with Crippen molar-refractivity contribution >= 4 is 17.8 Å². The minimum absolute atomic E-state index is 0.0914. The fourth-order valence-corrected chi connectivity index (χ4v) is 7.05. The number of likely N-dealkylation sites (tertiary alicyclic amines) is 3. The van der Waals surface area contributed by atoms with E-state index in [9.17, 15) is 31.1 Å². The van der Waals surface area contributed by atoms with Crippen molar-refractivity contribution < 1.29 is 50.9 Å². The smallest absolute Gasteiger partial charge is 0.475 e. The maximum atomic E-state index is 13.7. The summed E-state index contributed by atoms with van der Waals surface area (Å²) in [6.07, 6.45) is 1.24. The minimum atomic E-state index is -5.08. The van der Waals surface area contributed by atoms with Gasteiger partial charge in [0.05, 0.1) is 11.6 Å². The number of aliphatic carboxylic acids is 2. The van der Waals surface area contributed by atoms with E-state index < -0.39 is 24.3 Å². The highest BCUT2D eigenvalue weighted by Crippen LogP contribution is 2.62. The predicted octanol–water partition coefficient (Wildman–Crippen LogP) is 3.62. The largest absolute Gasteiger partial charge is 0.490 e. The van der Waals surface area contributed by atoms with Crippen LogP contribution >= 0.6 is 0 Å². The summed E-state index contributed by atoms with van der Waals surface area (Å²) >= 11 is 0. The van der Waals surface area contributed by atoms with Crippen molar-refractivity contribution in [3.05, 3.63) is 18.0 Å². The number of carboxylic acids is 2. The molecule has 2 N–H and O–H groups in total. The molecule has 5 rings (SSSR count). The molecular weight excluding hydrogens is 588 g/mol. The number of amides is 1. The second-order valence-electron chi connectivity index (χ2n) is 11.8. The molecule has 0 bridgehead atoms. The van der Waals surface area contributed by atoms with Gasteiger partial charge in [0, 0.05) is 51.5 Å². The fourth-order valence-electron chi connectivity index (χ4n) is 7.05. The number of rotatable bonds is 4. The maximum absolute atomic E-state index is 13.7. The average molecular weight is 628 g/mol. The maximum Gasteiger partial charge on any atom is 0.490 e. The summed E-state index contributed by atoms with van der Waals surface area (Å²) in [6, 6.07) is 0. The van der Waals surface area contributed by atoms with Crippen LogP contribution in [0, 0.1) is 16.7 Å². The molecule has 1 amide bonds. The summed E-state index contributed by atoms with van der Waals surface area (Å²) in [5.41, 5.74) is 1.60. The van der Waals surface area contributed by atoms with Crippen molar-refractivity contribution in [2.45, 2.75) is 64.3 Å². The summed E-state index contributed by atoms with van der Waals surface area (Å²) in [7, 11) is 1.99. The number of halogens is 6. The monoisotopic (exact) mass is 627 g/mol. The van der Waals surface area contributed by atoms with Gasteiger partial charge in [0.2, 0.25) is 5.91 Å². The van der Waals surface area contributed by atoms with E-state index in [2.05, 4.69) is 32.9 Å². The number of carbonyl (C=O) groups is 3. The molecule has 10 nitrogen and oxygen atoms in total. The first-order valence-corrected chi connectivity index (χ1v) is 14.3. The van der Waals surface area contributed by atoms with Crippen molar-refractivity contribution in [3.63, 3.8) is 0 Å². The summed E-state index contributed by atoms with van der Waals surface area (Å²) in [5.74, 6) is -4.45. The van der Waals surface area contributed by atoms with Gasteiger partial charge >= 0.3 is 24.3 Å². The van der Waals surface area contributed by atoms with Crippen molar-refractivity contribution in [2.24, 2.45) is 23.8 Å². The number of carbonyl (C=O) groups excluding carboxylic acids is 1. The highest BCUT2D eigenvalue weighted by atomic mass is 19.4. The lowest BCUT2D eigenvalue weighted by molar-refractivity contribution is -0.193. The van der Waals surface area contributed by atoms with E-state index in [1.807, 2.05) is 17.9 Å². The highest BCUT2D eigenvalue weighted by Gasteiger charge is 2.64. The molecule has 2 atom stereocenters. The number of nitrogens with zero attached hydrogens (tertiary/aromatic N) is 5. The van der Waals surface area contributed by atoms with Crippen molar-refractivity contribution in [2.75, 3.05) is 45.8 Å². The van der Waals surface area contributed by atoms with Crippen LogP contribution in [0.25, 0.3) is 0 Å². The van der Waals surface area contributed by atoms with Crippen LogP contribution in [0.5, 0.6) is 0 Å². The zero-order valence-electron chi connectivity index (χ0n) is 24.3. The summed E-state index contributed by atoms with van der Waals surface area (Å²) in [5, 5.41) is 18.6. The van der Waals surface area contributed by atoms with Crippen LogP contribution in [-0.4, -0.2) is 111 Å². The third kappa shape index (κ3) is 8.19. The SMILES string of the molecule is CCN1C[C@H]2C3(CCN(Cc4cnn(C)c4)CC3)CC[C@@]2(C(=O)N2CCCC2)C1.O=C(O)C(F)(F)F.O=C(O)C(F)(F)F. The number of fused-ring (bicyclic) bond motifs is 2. The first kappa shape index (κ1) is 34.6. The van der Waals surface area contributed by atoms with Gasteiger partial charge in [-0.05, 0) is 69.5 Å². The Morgan fingerprint density at radius 1 is 0.907 bits per heavy atom. The van der Waals surface area contributed by atoms with Crippen molar-refractivity contribution in [1.82, 2.24) is 24.5 Å². The van der Waals surface area contributed by atoms with Crippen LogP contribution in [0.3, 0.4) is 0 Å². The van der Waals surface area contributed by atoms with E-state index in [0.29, 0.717) is 17.2 Å². The van der Waals surface area contributed by atoms with Gasteiger partial charge in [0.25, 0.3) is 0 Å². The Morgan fingerprint density at radius 2 is 1.44 bits per heavy atom. The molecule has 4 fully saturated rings. The molecule has 1 aliphatic carbocycles. The zero-order valence-corrected chi connectivity index (χ0v) is 24.3. The van der Waals surface area contributed by atoms with Crippen LogP contribution < -0.4 is 0 Å². The van der Waals surface area contributed by atoms with Crippen LogP contribution in [0.4, 0.5) is 26.3 Å². The average Bonchev–Trinajstić information content (AvgIpc) is 3.71. The van der Waals surface area contributed by atoms with Gasteiger partial charge in [0.15, 0.2) is 0 Å². The lowest BCUT2D eigenvalue weighted by Gasteiger charge is -2.45. The molecule has 244 valence electrons. The molecule has 1 spiro atoms. The molecule has 3 aliphatic heterocycles. The normalized spacial score (nSPS) is 25.5. The number of piperidine rings is 1. The van der Waals surface area contributed by atoms with E-state index in [1.165, 1.54) is 37.7 Å². The first-order chi connectivity index (χ1) is 19.9. The molecule has 4 aliphatic rings. The van der Waals surface area contributed by atoms with Gasteiger partial charge in [-0.2, -0.15) is 31.4 Å². The number of alkyl halides is 6. The molecule has 3 saturated heterocycles. The van der Waals surface area contributed by atoms with Gasteiger partial charge in [0.1, 0.15) is 0 Å². The number of aryl methyl sites for hydroxylation is 1. The van der Waals surface area contributed by atoms with Gasteiger partial charge in [-0.25, -0.2) is 9.59 Å². The highest BCUT2D eigenvalue weighted by molar-refractivity contribution is 5.84. The van der Waals surface area contributed by atoms with Gasteiger partial charge in [-0.15, -0.1) is 0 Å². The second kappa shape index (κ2) is 13.4. The molecule has 0 aromatic carbocycles. The molecule has 4 heterocycles. The van der Waals surface area contributed by atoms with Crippen LogP contribution in [0.1, 0.15) is 51.0 Å². The molecule has 0 unspecified atom stereocenters. The molecule has 0 radical (unpaired) electrons. The number of aromatic nitrogens is 2. The third-order valence-electron chi connectivity index (χ3n) is 9.19. The number of carboxylic acid groups (broad SMARTS) is 2. The zero-order chi connectivity index (χ0) is 32.2. The Bertz CT molecular complexity index is 1100. The Hall–Kier alpha value is -2.88. The van der Waals surface area contributed by atoms with Crippen molar-refractivity contribution in [1.29, 1.82) is 0 Å². The molecular formula is C27H39F6N5O5. The quantitative estimate of drug-likeness (QED) is 0.486. The predicted molar refractivity (Wildman–Crippen MR) is 141 cm³/mol. The van der Waals surface area contributed by atoms with Crippen LogP contribution in [-0.2, 0) is 28.0 Å². The standard InChI is InChI=1S/C23H37N5O.2C2HF3O2/c1-3-26-17-20-22(6-7-23(20,18-26)21(29)28-10-4-5-11-28)8-12-27(13-9-22)16-19-14-24-25(2)15-19;2*3-2(4,5)1(6)7/h14-15,20H,3-13,16-18H2,1-2H3;2*(H,6,7)/t20-,23+;;/m0../s1. The van der Waals surface area contributed by atoms with Crippen LogP contribution in [0.2, 0.25) is 0 Å². The van der Waals surface area contributed by atoms with E-state index >= 15 is 0 Å². The Balaban J connectivity index is 0.000000303. The summed E-state index contributed by atoms with van der Waals surface area (Å²) in [4.78, 5) is 38.9. The first-order valence-electron chi connectivity index (χ1n) is 14.3. The lowest BCUT2D eigenvalue weighted by atomic mass is 9.65. The van der Waals surface area contributed by atoms with Gasteiger partial charge in [-0.1, -0.05) is 6.92 Å². The Labute approximate surface area is 245 Å². The molecule has 1 aromatic rings. The van der Waals surface area contributed by atoms with Gasteiger partial charge < -0.3 is 20.0 Å². The summed E-state index contributed by atoms with van der Waals surface area (Å²) < 4.78 is 65.4. The van der Waals surface area contributed by atoms with Gasteiger partial charge in [-0.3, -0.25) is 14.4 Å². The van der Waals surface area contributed by atoms with Crippen molar-refractivity contribution in [3.8, 4) is 0 Å². The minimum Gasteiger partial charge on any atom is -0.475 e. The van der Waals surface area contributed by atoms with E-state index in [0.717, 1.165) is 58.8 Å². The topological polar surface area (TPSA) is 119 Å².